The second-order valence-electron chi connectivity index (χ2n) is 2.48. The van der Waals surface area contributed by atoms with Crippen LogP contribution in [0.25, 0.3) is 0 Å². The van der Waals surface area contributed by atoms with Crippen molar-refractivity contribution in [3.63, 3.8) is 0 Å². The Morgan fingerprint density at radius 1 is 1.23 bits per heavy atom. The normalized spacial score (nSPS) is 11.8. The third kappa shape index (κ3) is 3.12. The summed E-state index contributed by atoms with van der Waals surface area (Å²) in [7, 11) is 0. The molecule has 0 spiro atoms. The maximum Gasteiger partial charge on any atom is 0.416 e. The highest BCUT2D eigenvalue weighted by molar-refractivity contribution is 14.1. The molecule has 0 unspecified atom stereocenters. The molecule has 0 radical (unpaired) electrons. The number of alkyl halides is 4. The number of benzene rings is 1. The van der Waals surface area contributed by atoms with Gasteiger partial charge in [0.15, 0.2) is 0 Å². The average Bonchev–Trinajstić information content (AvgIpc) is 2.01. The second kappa shape index (κ2) is 4.16. The summed E-state index contributed by atoms with van der Waals surface area (Å²) in [5.74, 6) is 0. The van der Waals surface area contributed by atoms with Crippen molar-refractivity contribution in [1.29, 1.82) is 0 Å². The van der Waals surface area contributed by atoms with E-state index in [1.165, 1.54) is 0 Å². The van der Waals surface area contributed by atoms with Gasteiger partial charge in [0.1, 0.15) is 0 Å². The van der Waals surface area contributed by atoms with E-state index in [0.29, 0.717) is 14.5 Å². The van der Waals surface area contributed by atoms with E-state index < -0.39 is 11.7 Å². The van der Waals surface area contributed by atoms with Crippen LogP contribution in [0.15, 0.2) is 22.7 Å². The lowest BCUT2D eigenvalue weighted by Gasteiger charge is -2.08. The fourth-order valence-electron chi connectivity index (χ4n) is 0.891. The standard InChI is InChI=1S/C8H5BrF3I/c9-7-2-5(4-13)1-6(3-7)8(10,11)12/h1-3H,4H2. The van der Waals surface area contributed by atoms with E-state index in [2.05, 4.69) is 15.9 Å². The molecule has 0 amide bonds. The van der Waals surface area contributed by atoms with Crippen LogP contribution < -0.4 is 0 Å². The van der Waals surface area contributed by atoms with Gasteiger partial charge in [0.25, 0.3) is 0 Å². The minimum atomic E-state index is -4.26. The lowest BCUT2D eigenvalue weighted by molar-refractivity contribution is -0.137. The van der Waals surface area contributed by atoms with Gasteiger partial charge in [0, 0.05) is 8.90 Å². The van der Waals surface area contributed by atoms with Crippen molar-refractivity contribution in [2.24, 2.45) is 0 Å². The Morgan fingerprint density at radius 2 is 1.85 bits per heavy atom. The van der Waals surface area contributed by atoms with Crippen molar-refractivity contribution in [3.05, 3.63) is 33.8 Å². The predicted molar refractivity (Wildman–Crippen MR) is 56.9 cm³/mol. The minimum Gasteiger partial charge on any atom is -0.166 e. The molecule has 1 aromatic carbocycles. The van der Waals surface area contributed by atoms with Crippen molar-refractivity contribution in [2.45, 2.75) is 10.6 Å². The first-order chi connectivity index (χ1) is 5.93. The highest BCUT2D eigenvalue weighted by Gasteiger charge is 2.30. The minimum absolute atomic E-state index is 0.467. The van der Waals surface area contributed by atoms with Crippen LogP contribution in [-0.2, 0) is 10.6 Å². The molecule has 0 fully saturated rings. The van der Waals surface area contributed by atoms with Crippen molar-refractivity contribution in [2.75, 3.05) is 0 Å². The van der Waals surface area contributed by atoms with Gasteiger partial charge >= 0.3 is 6.18 Å². The summed E-state index contributed by atoms with van der Waals surface area (Å²) < 4.78 is 37.8. The van der Waals surface area contributed by atoms with Gasteiger partial charge < -0.3 is 0 Å². The van der Waals surface area contributed by atoms with Crippen LogP contribution in [0.1, 0.15) is 11.1 Å². The smallest absolute Gasteiger partial charge is 0.166 e. The highest BCUT2D eigenvalue weighted by Crippen LogP contribution is 2.32. The third-order valence-electron chi connectivity index (χ3n) is 1.44. The first kappa shape index (κ1) is 11.3. The Kier molecular flexibility index (Phi) is 3.62. The van der Waals surface area contributed by atoms with Crippen LogP contribution in [0.5, 0.6) is 0 Å². The molecule has 0 aliphatic rings. The van der Waals surface area contributed by atoms with Crippen LogP contribution in [0.3, 0.4) is 0 Å². The monoisotopic (exact) mass is 364 g/mol. The molecule has 0 aromatic heterocycles. The first-order valence-corrected chi connectivity index (χ1v) is 5.68. The van der Waals surface area contributed by atoms with Crippen LogP contribution in [0, 0.1) is 0 Å². The van der Waals surface area contributed by atoms with Gasteiger partial charge in [-0.25, -0.2) is 0 Å². The molecular weight excluding hydrogens is 360 g/mol. The Hall–Kier alpha value is 0.220. The molecule has 0 saturated carbocycles. The van der Waals surface area contributed by atoms with Crippen LogP contribution in [-0.4, -0.2) is 0 Å². The molecule has 1 aromatic rings. The molecular formula is C8H5BrF3I. The Balaban J connectivity index is 3.16. The van der Waals surface area contributed by atoms with Crippen molar-refractivity contribution < 1.29 is 13.2 Å². The average molecular weight is 365 g/mol. The summed E-state index contributed by atoms with van der Waals surface area (Å²) in [6, 6.07) is 3.93. The van der Waals surface area contributed by atoms with Crippen LogP contribution >= 0.6 is 38.5 Å². The largest absolute Gasteiger partial charge is 0.416 e. The topological polar surface area (TPSA) is 0 Å². The molecule has 0 atom stereocenters. The van der Waals surface area contributed by atoms with E-state index in [0.717, 1.165) is 12.1 Å². The van der Waals surface area contributed by atoms with Gasteiger partial charge in [0.2, 0.25) is 0 Å². The number of halogens is 5. The molecule has 5 heteroatoms. The Morgan fingerprint density at radius 3 is 2.31 bits per heavy atom. The molecule has 13 heavy (non-hydrogen) atoms. The molecule has 1 rings (SSSR count). The van der Waals surface area contributed by atoms with Gasteiger partial charge in [-0.1, -0.05) is 38.5 Å². The maximum absolute atomic E-state index is 12.3. The van der Waals surface area contributed by atoms with Gasteiger partial charge in [0.05, 0.1) is 5.56 Å². The van der Waals surface area contributed by atoms with Crippen molar-refractivity contribution in [3.8, 4) is 0 Å². The lowest BCUT2D eigenvalue weighted by atomic mass is 10.1. The van der Waals surface area contributed by atoms with Gasteiger partial charge in [-0.15, -0.1) is 0 Å². The van der Waals surface area contributed by atoms with Crippen molar-refractivity contribution in [1.82, 2.24) is 0 Å². The zero-order chi connectivity index (χ0) is 10.1. The number of hydrogen-bond acceptors (Lipinski definition) is 0. The Bertz CT molecular complexity index is 309. The molecule has 0 heterocycles. The molecule has 0 aliphatic carbocycles. The molecule has 0 N–H and O–H groups in total. The van der Waals surface area contributed by atoms with E-state index >= 15 is 0 Å². The van der Waals surface area contributed by atoms with Gasteiger partial charge in [-0.2, -0.15) is 13.2 Å². The molecule has 0 nitrogen and oxygen atoms in total. The number of rotatable bonds is 1. The van der Waals surface area contributed by atoms with Gasteiger partial charge in [-0.3, -0.25) is 0 Å². The zero-order valence-corrected chi connectivity index (χ0v) is 10.1. The maximum atomic E-state index is 12.3. The summed E-state index contributed by atoms with van der Waals surface area (Å²) in [6.45, 7) is 0. The molecule has 0 saturated heterocycles. The molecule has 0 aliphatic heterocycles. The summed E-state index contributed by atoms with van der Waals surface area (Å²) in [5, 5.41) is 0. The fraction of sp³-hybridized carbons (Fsp3) is 0.250. The third-order valence-corrected chi connectivity index (χ3v) is 2.78. The first-order valence-electron chi connectivity index (χ1n) is 3.36. The SMILES string of the molecule is FC(F)(F)c1cc(Br)cc(CI)c1. The fourth-order valence-corrected chi connectivity index (χ4v) is 1.87. The van der Waals surface area contributed by atoms with E-state index in [4.69, 9.17) is 0 Å². The lowest BCUT2D eigenvalue weighted by Crippen LogP contribution is -2.05. The highest BCUT2D eigenvalue weighted by atomic mass is 127. The van der Waals surface area contributed by atoms with Crippen molar-refractivity contribution >= 4 is 38.5 Å². The number of hydrogen-bond donors (Lipinski definition) is 0. The van der Waals surface area contributed by atoms with E-state index in [-0.39, 0.29) is 0 Å². The predicted octanol–water partition coefficient (Wildman–Crippen LogP) is 4.40. The van der Waals surface area contributed by atoms with Gasteiger partial charge in [-0.05, 0) is 23.8 Å². The Labute approximate surface area is 95.8 Å². The quantitative estimate of drug-likeness (QED) is 0.511. The molecule has 72 valence electrons. The second-order valence-corrected chi connectivity index (χ2v) is 4.16. The zero-order valence-electron chi connectivity index (χ0n) is 6.33. The van der Waals surface area contributed by atoms with E-state index in [1.54, 1.807) is 6.07 Å². The summed E-state index contributed by atoms with van der Waals surface area (Å²) in [6.07, 6.45) is -4.26. The summed E-state index contributed by atoms with van der Waals surface area (Å²) in [4.78, 5) is 0. The van der Waals surface area contributed by atoms with E-state index in [1.807, 2.05) is 22.6 Å². The van der Waals surface area contributed by atoms with Crippen LogP contribution in [0.4, 0.5) is 13.2 Å². The van der Waals surface area contributed by atoms with Crippen LogP contribution in [0.2, 0.25) is 0 Å². The molecule has 0 bridgehead atoms. The summed E-state index contributed by atoms with van der Waals surface area (Å²) >= 11 is 5.07. The summed E-state index contributed by atoms with van der Waals surface area (Å²) in [5.41, 5.74) is 0.0656. The van der Waals surface area contributed by atoms with E-state index in [9.17, 15) is 13.2 Å².